The Morgan fingerprint density at radius 3 is 2.53 bits per heavy atom. The predicted molar refractivity (Wildman–Crippen MR) is 54.8 cm³/mol. The summed E-state index contributed by atoms with van der Waals surface area (Å²) >= 11 is 0. The number of hydrogen-bond acceptors (Lipinski definition) is 3. The van der Waals surface area contributed by atoms with Gasteiger partial charge < -0.3 is 10.2 Å². The lowest BCUT2D eigenvalue weighted by molar-refractivity contribution is -0.131. The average molecular weight is 206 g/mol. The molecule has 0 fully saturated rings. The molecule has 4 nitrogen and oxygen atoms in total. The van der Waals surface area contributed by atoms with Crippen molar-refractivity contribution in [2.75, 3.05) is 0 Å². The molecule has 1 aromatic carbocycles. The van der Waals surface area contributed by atoms with Crippen LogP contribution in [0.15, 0.2) is 24.3 Å². The van der Waals surface area contributed by atoms with Crippen LogP contribution < -0.4 is 0 Å². The van der Waals surface area contributed by atoms with Crippen molar-refractivity contribution in [1.29, 1.82) is 0 Å². The lowest BCUT2D eigenvalue weighted by Gasteiger charge is -2.02. The Balaban J connectivity index is 3.17. The largest absolute Gasteiger partial charge is 0.508 e. The SMILES string of the molecule is CC(=O)c1cc(O)ccc1/C=C/C(=O)O. The minimum atomic E-state index is -1.09. The van der Waals surface area contributed by atoms with E-state index in [0.717, 1.165) is 6.08 Å². The van der Waals surface area contributed by atoms with Gasteiger partial charge in [0.15, 0.2) is 5.78 Å². The number of ketones is 1. The molecule has 0 aliphatic carbocycles. The molecule has 0 heterocycles. The van der Waals surface area contributed by atoms with E-state index in [1.54, 1.807) is 0 Å². The van der Waals surface area contributed by atoms with Gasteiger partial charge in [0.2, 0.25) is 0 Å². The number of rotatable bonds is 3. The Morgan fingerprint density at radius 1 is 1.33 bits per heavy atom. The Bertz CT molecular complexity index is 432. The Morgan fingerprint density at radius 2 is 2.00 bits per heavy atom. The van der Waals surface area contributed by atoms with Crippen LogP contribution in [-0.2, 0) is 4.79 Å². The summed E-state index contributed by atoms with van der Waals surface area (Å²) in [5, 5.41) is 17.6. The van der Waals surface area contributed by atoms with Gasteiger partial charge in [-0.3, -0.25) is 4.79 Å². The van der Waals surface area contributed by atoms with Crippen LogP contribution in [0.3, 0.4) is 0 Å². The molecule has 1 aromatic rings. The van der Waals surface area contributed by atoms with Gasteiger partial charge in [0, 0.05) is 11.6 Å². The normalized spacial score (nSPS) is 10.5. The zero-order valence-electron chi connectivity index (χ0n) is 8.10. The highest BCUT2D eigenvalue weighted by molar-refractivity contribution is 5.99. The molecule has 0 spiro atoms. The number of carboxylic acids is 1. The van der Waals surface area contributed by atoms with E-state index in [2.05, 4.69) is 0 Å². The maximum atomic E-state index is 11.2. The fourth-order valence-electron chi connectivity index (χ4n) is 1.16. The van der Waals surface area contributed by atoms with Crippen molar-refractivity contribution in [1.82, 2.24) is 0 Å². The molecule has 0 aromatic heterocycles. The first-order valence-corrected chi connectivity index (χ1v) is 4.25. The standard InChI is InChI=1S/C11H10O4/c1-7(12)10-6-9(13)4-2-8(10)3-5-11(14)15/h2-6,13H,1H3,(H,14,15)/b5-3+. The van der Waals surface area contributed by atoms with E-state index < -0.39 is 5.97 Å². The van der Waals surface area contributed by atoms with Crippen molar-refractivity contribution in [3.8, 4) is 5.75 Å². The third-order valence-electron chi connectivity index (χ3n) is 1.82. The highest BCUT2D eigenvalue weighted by atomic mass is 16.4. The Labute approximate surface area is 86.5 Å². The molecule has 4 heteroatoms. The maximum Gasteiger partial charge on any atom is 0.328 e. The molecule has 0 bridgehead atoms. The zero-order chi connectivity index (χ0) is 11.4. The average Bonchev–Trinajstić information content (AvgIpc) is 2.15. The first-order chi connectivity index (χ1) is 7.00. The van der Waals surface area contributed by atoms with Gasteiger partial charge in [-0.2, -0.15) is 0 Å². The third-order valence-corrected chi connectivity index (χ3v) is 1.82. The van der Waals surface area contributed by atoms with Gasteiger partial charge in [-0.1, -0.05) is 6.07 Å². The van der Waals surface area contributed by atoms with Crippen LogP contribution in [-0.4, -0.2) is 22.0 Å². The second-order valence-electron chi connectivity index (χ2n) is 3.00. The summed E-state index contributed by atoms with van der Waals surface area (Å²) in [4.78, 5) is 21.5. The summed E-state index contributed by atoms with van der Waals surface area (Å²) in [6.45, 7) is 1.35. The number of aromatic hydroxyl groups is 1. The van der Waals surface area contributed by atoms with Gasteiger partial charge in [-0.05, 0) is 30.7 Å². The van der Waals surface area contributed by atoms with E-state index in [4.69, 9.17) is 5.11 Å². The number of benzene rings is 1. The van der Waals surface area contributed by atoms with Crippen molar-refractivity contribution in [2.45, 2.75) is 6.92 Å². The quantitative estimate of drug-likeness (QED) is 0.583. The molecule has 78 valence electrons. The molecule has 0 aliphatic heterocycles. The molecular formula is C11H10O4. The van der Waals surface area contributed by atoms with Gasteiger partial charge in [0.25, 0.3) is 0 Å². The topological polar surface area (TPSA) is 74.6 Å². The molecule has 15 heavy (non-hydrogen) atoms. The number of phenolic OH excluding ortho intramolecular Hbond substituents is 1. The molecule has 0 unspecified atom stereocenters. The molecular weight excluding hydrogens is 196 g/mol. The van der Waals surface area contributed by atoms with Crippen molar-refractivity contribution in [3.63, 3.8) is 0 Å². The fourth-order valence-corrected chi connectivity index (χ4v) is 1.16. The molecule has 2 N–H and O–H groups in total. The van der Waals surface area contributed by atoms with Crippen LogP contribution in [0.2, 0.25) is 0 Å². The van der Waals surface area contributed by atoms with Crippen LogP contribution in [0.5, 0.6) is 5.75 Å². The van der Waals surface area contributed by atoms with Crippen LogP contribution >= 0.6 is 0 Å². The summed E-state index contributed by atoms with van der Waals surface area (Å²) in [6.07, 6.45) is 2.26. The van der Waals surface area contributed by atoms with Crippen LogP contribution in [0.1, 0.15) is 22.8 Å². The number of hydrogen-bond donors (Lipinski definition) is 2. The van der Waals surface area contributed by atoms with Gasteiger partial charge >= 0.3 is 5.97 Å². The summed E-state index contributed by atoms with van der Waals surface area (Å²) in [5.41, 5.74) is 0.773. The maximum absolute atomic E-state index is 11.2. The van der Waals surface area contributed by atoms with E-state index in [1.807, 2.05) is 0 Å². The van der Waals surface area contributed by atoms with Crippen molar-refractivity contribution < 1.29 is 19.8 Å². The Kier molecular flexibility index (Phi) is 3.23. The number of carbonyl (C=O) groups is 2. The van der Waals surface area contributed by atoms with E-state index in [1.165, 1.54) is 31.2 Å². The monoisotopic (exact) mass is 206 g/mol. The number of carboxylic acid groups (broad SMARTS) is 1. The fraction of sp³-hybridized carbons (Fsp3) is 0.0909. The second kappa shape index (κ2) is 4.41. The molecule has 0 saturated carbocycles. The lowest BCUT2D eigenvalue weighted by Crippen LogP contribution is -1.96. The summed E-state index contributed by atoms with van der Waals surface area (Å²) in [7, 11) is 0. The number of carbonyl (C=O) groups excluding carboxylic acids is 1. The summed E-state index contributed by atoms with van der Waals surface area (Å²) < 4.78 is 0. The highest BCUT2D eigenvalue weighted by Gasteiger charge is 2.06. The molecule has 1 rings (SSSR count). The number of aliphatic carboxylic acids is 1. The number of phenols is 1. The second-order valence-corrected chi connectivity index (χ2v) is 3.00. The van der Waals surface area contributed by atoms with E-state index in [0.29, 0.717) is 11.1 Å². The van der Waals surface area contributed by atoms with E-state index in [-0.39, 0.29) is 11.5 Å². The van der Waals surface area contributed by atoms with Crippen molar-refractivity contribution in [3.05, 3.63) is 35.4 Å². The van der Waals surface area contributed by atoms with Gasteiger partial charge in [0.1, 0.15) is 5.75 Å². The zero-order valence-corrected chi connectivity index (χ0v) is 8.10. The highest BCUT2D eigenvalue weighted by Crippen LogP contribution is 2.18. The van der Waals surface area contributed by atoms with Crippen molar-refractivity contribution in [2.24, 2.45) is 0 Å². The molecule has 0 radical (unpaired) electrons. The minimum Gasteiger partial charge on any atom is -0.508 e. The van der Waals surface area contributed by atoms with Crippen LogP contribution in [0.25, 0.3) is 6.08 Å². The summed E-state index contributed by atoms with van der Waals surface area (Å²) in [6, 6.07) is 4.20. The molecule has 0 aliphatic rings. The third kappa shape index (κ3) is 2.95. The smallest absolute Gasteiger partial charge is 0.328 e. The molecule has 0 atom stereocenters. The molecule has 0 amide bonds. The van der Waals surface area contributed by atoms with Crippen molar-refractivity contribution >= 4 is 17.8 Å². The van der Waals surface area contributed by atoms with Gasteiger partial charge in [-0.25, -0.2) is 4.79 Å². The van der Waals surface area contributed by atoms with E-state index in [9.17, 15) is 14.7 Å². The van der Waals surface area contributed by atoms with Crippen LogP contribution in [0, 0.1) is 0 Å². The first-order valence-electron chi connectivity index (χ1n) is 4.25. The predicted octanol–water partition coefficient (Wildman–Crippen LogP) is 1.69. The van der Waals surface area contributed by atoms with Crippen LogP contribution in [0.4, 0.5) is 0 Å². The van der Waals surface area contributed by atoms with Gasteiger partial charge in [0.05, 0.1) is 0 Å². The lowest BCUT2D eigenvalue weighted by atomic mass is 10.0. The number of Topliss-reactive ketones (excluding diaryl/α,β-unsaturated/α-hetero) is 1. The van der Waals surface area contributed by atoms with E-state index >= 15 is 0 Å². The first kappa shape index (κ1) is 11.0. The summed E-state index contributed by atoms with van der Waals surface area (Å²) in [5.74, 6) is -1.33. The Hall–Kier alpha value is -2.10. The minimum absolute atomic E-state index is 0.0207. The molecule has 0 saturated heterocycles. The van der Waals surface area contributed by atoms with Gasteiger partial charge in [-0.15, -0.1) is 0 Å².